The second-order valence-corrected chi connectivity index (χ2v) is 33.6. The molecule has 0 aromatic heterocycles. The third-order valence-corrected chi connectivity index (χ3v) is 31.3. The molecule has 180 valence electrons. The standard InChI is InChI=1S/C18H40O8Si5/c1-29(2,11-7-9-21-13-17-15-23-17)26-31(5,6)25-27(19)28(20)30(3,4)12-8-10-22-14-18-16-24-18/h17-18H,7-16H2,1-6H3. The highest BCUT2D eigenvalue weighted by Gasteiger charge is 2.45. The smallest absolute Gasteiger partial charge is 0.525 e. The lowest BCUT2D eigenvalue weighted by Crippen LogP contribution is -2.54. The van der Waals surface area contributed by atoms with E-state index in [2.05, 4.69) is 13.1 Å². The van der Waals surface area contributed by atoms with Crippen LogP contribution in [0.15, 0.2) is 0 Å². The van der Waals surface area contributed by atoms with Crippen molar-refractivity contribution in [2.24, 2.45) is 0 Å². The Morgan fingerprint density at radius 1 is 0.839 bits per heavy atom. The molecule has 2 unspecified atom stereocenters. The monoisotopic (exact) mass is 524 g/mol. The van der Waals surface area contributed by atoms with Gasteiger partial charge in [0.15, 0.2) is 8.32 Å². The molecule has 2 heterocycles. The highest BCUT2D eigenvalue weighted by molar-refractivity contribution is 7.46. The van der Waals surface area contributed by atoms with Gasteiger partial charge >= 0.3 is 24.7 Å². The molecule has 2 atom stereocenters. The van der Waals surface area contributed by atoms with Gasteiger partial charge in [0.1, 0.15) is 19.8 Å². The normalized spacial score (nSPS) is 21.1. The van der Waals surface area contributed by atoms with Gasteiger partial charge in [-0.15, -0.1) is 0 Å². The zero-order valence-electron chi connectivity index (χ0n) is 20.0. The molecule has 0 aliphatic carbocycles. The maximum atomic E-state index is 13.0. The Kier molecular flexibility index (Phi) is 10.8. The molecule has 0 spiro atoms. The van der Waals surface area contributed by atoms with Gasteiger partial charge in [0, 0.05) is 13.2 Å². The van der Waals surface area contributed by atoms with Crippen LogP contribution in [0.2, 0.25) is 51.4 Å². The summed E-state index contributed by atoms with van der Waals surface area (Å²) in [5.41, 5.74) is 0. The van der Waals surface area contributed by atoms with Gasteiger partial charge in [0.2, 0.25) is 0 Å². The molecule has 0 radical (unpaired) electrons. The van der Waals surface area contributed by atoms with Crippen LogP contribution >= 0.6 is 0 Å². The predicted octanol–water partition coefficient (Wildman–Crippen LogP) is 2.74. The first-order valence-corrected chi connectivity index (χ1v) is 25.1. The Hall–Kier alpha value is 0.284. The number of rotatable bonds is 18. The van der Waals surface area contributed by atoms with Crippen molar-refractivity contribution in [1.82, 2.24) is 0 Å². The fourth-order valence-corrected chi connectivity index (χ4v) is 28.0. The van der Waals surface area contributed by atoms with Crippen molar-refractivity contribution in [3.8, 4) is 0 Å². The van der Waals surface area contributed by atoms with Crippen LogP contribution in [0.1, 0.15) is 12.8 Å². The van der Waals surface area contributed by atoms with E-state index in [0.29, 0.717) is 32.5 Å². The van der Waals surface area contributed by atoms with Crippen LogP contribution in [0.3, 0.4) is 0 Å². The summed E-state index contributed by atoms with van der Waals surface area (Å²) < 4.78 is 59.7. The van der Waals surface area contributed by atoms with E-state index < -0.39 is 40.6 Å². The average Bonchev–Trinajstić information content (AvgIpc) is 3.53. The van der Waals surface area contributed by atoms with Crippen LogP contribution in [-0.2, 0) is 36.1 Å². The molecule has 13 heteroatoms. The summed E-state index contributed by atoms with van der Waals surface area (Å²) >= 11 is 0. The summed E-state index contributed by atoms with van der Waals surface area (Å²) in [6.45, 7) is 16.5. The van der Waals surface area contributed by atoms with Gasteiger partial charge in [-0.05, 0) is 45.1 Å². The average molecular weight is 525 g/mol. The first kappa shape index (κ1) is 27.5. The molecule has 0 aromatic carbocycles. The quantitative estimate of drug-likeness (QED) is 0.153. The highest BCUT2D eigenvalue weighted by atomic mass is 29.6. The van der Waals surface area contributed by atoms with Gasteiger partial charge in [-0.2, -0.15) is 0 Å². The third-order valence-electron chi connectivity index (χ3n) is 5.23. The molecule has 2 aliphatic heterocycles. The molecule has 0 aromatic rings. The molecule has 2 aliphatic rings. The van der Waals surface area contributed by atoms with E-state index in [9.17, 15) is 8.92 Å². The van der Waals surface area contributed by atoms with Crippen LogP contribution in [0.25, 0.3) is 0 Å². The van der Waals surface area contributed by atoms with Crippen LogP contribution in [-0.4, -0.2) is 92.5 Å². The van der Waals surface area contributed by atoms with Crippen molar-refractivity contribution in [3.63, 3.8) is 0 Å². The molecule has 0 bridgehead atoms. The Morgan fingerprint density at radius 3 is 1.81 bits per heavy atom. The van der Waals surface area contributed by atoms with Crippen LogP contribution in [0, 0.1) is 0 Å². The fraction of sp³-hybridized carbons (Fsp3) is 1.00. The predicted molar refractivity (Wildman–Crippen MR) is 127 cm³/mol. The van der Waals surface area contributed by atoms with Gasteiger partial charge in [-0.1, -0.05) is 19.1 Å². The van der Waals surface area contributed by atoms with E-state index in [4.69, 9.17) is 27.2 Å². The van der Waals surface area contributed by atoms with Gasteiger partial charge < -0.3 is 36.1 Å². The molecule has 0 amide bonds. The molecule has 2 saturated heterocycles. The number of ether oxygens (including phenoxy) is 4. The van der Waals surface area contributed by atoms with Gasteiger partial charge in [0.25, 0.3) is 0 Å². The highest BCUT2D eigenvalue weighted by Crippen LogP contribution is 2.22. The maximum absolute atomic E-state index is 13.0. The maximum Gasteiger partial charge on any atom is 0.525 e. The zero-order valence-corrected chi connectivity index (χ0v) is 25.0. The third kappa shape index (κ3) is 11.8. The molecule has 0 N–H and O–H groups in total. The van der Waals surface area contributed by atoms with Gasteiger partial charge in [0.05, 0.1) is 26.4 Å². The minimum atomic E-state index is -2.63. The van der Waals surface area contributed by atoms with Crippen molar-refractivity contribution in [2.75, 3.05) is 39.6 Å². The van der Waals surface area contributed by atoms with E-state index in [1.54, 1.807) is 0 Å². The summed E-state index contributed by atoms with van der Waals surface area (Å²) in [7, 11) is -11.6. The lowest BCUT2D eigenvalue weighted by Gasteiger charge is -2.33. The molecule has 0 saturated carbocycles. The number of hydrogen-bond acceptors (Lipinski definition) is 8. The Balaban J connectivity index is 1.68. The SMILES string of the molecule is C[Si](C)(CCCOCC1CO1)O[Si](C)(C)O[Si](=O)[Si](=O)[Si](C)(C)CCCOCC1CO1. The summed E-state index contributed by atoms with van der Waals surface area (Å²) in [4.78, 5) is 0. The van der Waals surface area contributed by atoms with Crippen molar-refractivity contribution in [3.05, 3.63) is 0 Å². The minimum absolute atomic E-state index is 0.263. The summed E-state index contributed by atoms with van der Waals surface area (Å²) in [5.74, 6) is 0. The van der Waals surface area contributed by atoms with Crippen molar-refractivity contribution in [1.29, 1.82) is 0 Å². The second-order valence-electron chi connectivity index (χ2n) is 10.1. The van der Waals surface area contributed by atoms with Crippen LogP contribution in [0.4, 0.5) is 0 Å². The van der Waals surface area contributed by atoms with Crippen molar-refractivity contribution < 1.29 is 36.1 Å². The van der Waals surface area contributed by atoms with E-state index in [1.165, 1.54) is 0 Å². The van der Waals surface area contributed by atoms with Gasteiger partial charge in [-0.25, -0.2) is 0 Å². The number of epoxide rings is 2. The van der Waals surface area contributed by atoms with Crippen molar-refractivity contribution in [2.45, 2.75) is 76.4 Å². The minimum Gasteiger partial charge on any atom is -0.558 e. The lowest BCUT2D eigenvalue weighted by atomic mass is 10.5. The van der Waals surface area contributed by atoms with E-state index in [1.807, 2.05) is 26.2 Å². The van der Waals surface area contributed by atoms with E-state index in [-0.39, 0.29) is 6.10 Å². The molecule has 2 fully saturated rings. The number of hydrogen-bond donors (Lipinski definition) is 0. The second kappa shape index (κ2) is 12.1. The van der Waals surface area contributed by atoms with Crippen LogP contribution < -0.4 is 0 Å². The molecule has 2 rings (SSSR count). The molecular weight excluding hydrogens is 485 g/mol. The zero-order chi connectivity index (χ0) is 23.1. The Bertz CT molecular complexity index is 608. The fourth-order valence-electron chi connectivity index (χ4n) is 3.37. The van der Waals surface area contributed by atoms with E-state index in [0.717, 1.165) is 38.1 Å². The summed E-state index contributed by atoms with van der Waals surface area (Å²) in [6, 6.07) is 1.77. The molecule has 8 nitrogen and oxygen atoms in total. The van der Waals surface area contributed by atoms with Gasteiger partial charge in [-0.3, -0.25) is 0 Å². The van der Waals surface area contributed by atoms with Crippen molar-refractivity contribution >= 4 is 40.6 Å². The summed E-state index contributed by atoms with van der Waals surface area (Å²) in [6.07, 6.45) is 2.32. The van der Waals surface area contributed by atoms with Crippen LogP contribution in [0.5, 0.6) is 0 Å². The molecular formula is C18H40O8Si5. The Labute approximate surface area is 192 Å². The summed E-state index contributed by atoms with van der Waals surface area (Å²) in [5, 5.41) is 0. The topological polar surface area (TPSA) is 96.1 Å². The molecule has 31 heavy (non-hydrogen) atoms. The lowest BCUT2D eigenvalue weighted by molar-refractivity contribution is 0.116. The first-order valence-electron chi connectivity index (χ1n) is 11.3. The largest absolute Gasteiger partial charge is 0.558 e. The first-order chi connectivity index (χ1) is 14.4. The van der Waals surface area contributed by atoms with E-state index >= 15 is 0 Å². The Morgan fingerprint density at radius 2 is 1.32 bits per heavy atom.